The average molecular weight is 547 g/mol. The molecule has 11 heteroatoms. The second-order valence-electron chi connectivity index (χ2n) is 9.73. The van der Waals surface area contributed by atoms with Crippen molar-refractivity contribution in [1.82, 2.24) is 24.3 Å². The summed E-state index contributed by atoms with van der Waals surface area (Å²) >= 11 is 0. The number of hydrogen-bond donors (Lipinski definition) is 1. The summed E-state index contributed by atoms with van der Waals surface area (Å²) in [4.78, 5) is 22.0. The first-order valence-corrected chi connectivity index (χ1v) is 12.8. The number of fused-ring (bicyclic) bond motifs is 1. The van der Waals surface area contributed by atoms with Crippen LogP contribution in [0.1, 0.15) is 24.2 Å². The molecule has 0 saturated heterocycles. The molecule has 0 bridgehead atoms. The van der Waals surface area contributed by atoms with Gasteiger partial charge in [-0.2, -0.15) is 18.3 Å². The Hall–Kier alpha value is -4.51. The number of halogens is 3. The zero-order chi connectivity index (χ0) is 27.9. The number of rotatable bonds is 7. The fourth-order valence-corrected chi connectivity index (χ4v) is 4.85. The molecule has 6 rings (SSSR count). The van der Waals surface area contributed by atoms with Crippen molar-refractivity contribution in [1.29, 1.82) is 0 Å². The van der Waals surface area contributed by atoms with Crippen molar-refractivity contribution in [3.05, 3.63) is 101 Å². The lowest BCUT2D eigenvalue weighted by Crippen LogP contribution is -2.40. The minimum absolute atomic E-state index is 0.195. The molecule has 0 spiro atoms. The maximum atomic E-state index is 13.1. The predicted molar refractivity (Wildman–Crippen MR) is 144 cm³/mol. The third-order valence-corrected chi connectivity index (χ3v) is 7.09. The number of aromatic nitrogens is 5. The number of benzene rings is 2. The SMILES string of the molecule is COC1CC(Nc2ccnc(Cn3ccc(-c4nn(-c5ccc(C(F)(F)F)cc5)c5ccccc45)cc3=O)n2)C1. The number of nitrogens with one attached hydrogen (secondary N) is 1. The first-order chi connectivity index (χ1) is 19.3. The molecule has 1 N–H and O–H groups in total. The quantitative estimate of drug-likeness (QED) is 0.298. The van der Waals surface area contributed by atoms with E-state index in [1.165, 1.54) is 22.8 Å². The Morgan fingerprint density at radius 2 is 1.82 bits per heavy atom. The Morgan fingerprint density at radius 1 is 1.05 bits per heavy atom. The van der Waals surface area contributed by atoms with Gasteiger partial charge >= 0.3 is 6.18 Å². The lowest BCUT2D eigenvalue weighted by Gasteiger charge is -2.34. The minimum Gasteiger partial charge on any atom is -0.381 e. The standard InChI is InChI=1S/C29H25F3N6O2/c1-40-22-15-20(16-22)34-25-10-12-33-26(35-25)17-37-13-11-18(14-27(37)39)28-23-4-2-3-5-24(23)38(36-28)21-8-6-19(7-9-21)29(30,31)32/h2-14,20,22H,15-17H2,1H3,(H,33,34,35). The molecule has 0 atom stereocenters. The summed E-state index contributed by atoms with van der Waals surface area (Å²) in [7, 11) is 1.71. The van der Waals surface area contributed by atoms with E-state index >= 15 is 0 Å². The molecule has 0 amide bonds. The normalized spacial score (nSPS) is 17.1. The van der Waals surface area contributed by atoms with Crippen LogP contribution in [0.4, 0.5) is 19.0 Å². The lowest BCUT2D eigenvalue weighted by molar-refractivity contribution is -0.137. The van der Waals surface area contributed by atoms with E-state index in [0.717, 1.165) is 30.4 Å². The van der Waals surface area contributed by atoms with Crippen molar-refractivity contribution < 1.29 is 17.9 Å². The van der Waals surface area contributed by atoms with Gasteiger partial charge in [-0.1, -0.05) is 18.2 Å². The van der Waals surface area contributed by atoms with E-state index in [1.54, 1.807) is 36.3 Å². The van der Waals surface area contributed by atoms with Gasteiger partial charge in [-0.25, -0.2) is 14.6 Å². The van der Waals surface area contributed by atoms with Gasteiger partial charge < -0.3 is 14.6 Å². The number of anilines is 1. The second kappa shape index (κ2) is 10.2. The highest BCUT2D eigenvalue weighted by atomic mass is 19.4. The van der Waals surface area contributed by atoms with Gasteiger partial charge in [0.25, 0.3) is 5.56 Å². The average Bonchev–Trinajstić information content (AvgIpc) is 3.31. The molecule has 3 aromatic heterocycles. The first-order valence-electron chi connectivity index (χ1n) is 12.8. The molecule has 204 valence electrons. The van der Waals surface area contributed by atoms with Crippen molar-refractivity contribution in [2.24, 2.45) is 0 Å². The Morgan fingerprint density at radius 3 is 2.55 bits per heavy atom. The molecule has 8 nitrogen and oxygen atoms in total. The first kappa shape index (κ1) is 25.8. The molecule has 1 saturated carbocycles. The third-order valence-electron chi connectivity index (χ3n) is 7.09. The van der Waals surface area contributed by atoms with Gasteiger partial charge in [-0.05, 0) is 55.3 Å². The molecule has 1 aliphatic carbocycles. The van der Waals surface area contributed by atoms with E-state index in [2.05, 4.69) is 20.4 Å². The van der Waals surface area contributed by atoms with Crippen molar-refractivity contribution in [3.63, 3.8) is 0 Å². The molecule has 40 heavy (non-hydrogen) atoms. The lowest BCUT2D eigenvalue weighted by atomic mass is 9.89. The van der Waals surface area contributed by atoms with Crippen LogP contribution in [-0.4, -0.2) is 43.6 Å². The molecular weight excluding hydrogens is 521 g/mol. The summed E-state index contributed by atoms with van der Waals surface area (Å²) in [5, 5.41) is 8.83. The molecule has 3 heterocycles. The highest BCUT2D eigenvalue weighted by molar-refractivity contribution is 5.94. The molecular formula is C29H25F3N6O2. The Balaban J connectivity index is 1.26. The van der Waals surface area contributed by atoms with Gasteiger partial charge in [0.2, 0.25) is 0 Å². The molecule has 5 aromatic rings. The van der Waals surface area contributed by atoms with Crippen molar-refractivity contribution in [3.8, 4) is 16.9 Å². The van der Waals surface area contributed by atoms with E-state index in [0.29, 0.717) is 40.1 Å². The van der Waals surface area contributed by atoms with Crippen molar-refractivity contribution in [2.75, 3.05) is 12.4 Å². The molecule has 2 aromatic carbocycles. The maximum absolute atomic E-state index is 13.1. The van der Waals surface area contributed by atoms with Gasteiger partial charge in [0.15, 0.2) is 0 Å². The van der Waals surface area contributed by atoms with Crippen LogP contribution < -0.4 is 10.9 Å². The number of nitrogens with zero attached hydrogens (tertiary/aromatic N) is 5. The van der Waals surface area contributed by atoms with Crippen molar-refractivity contribution >= 4 is 16.7 Å². The molecule has 0 unspecified atom stereocenters. The van der Waals surface area contributed by atoms with Crippen LogP contribution in [0.15, 0.2) is 83.9 Å². The van der Waals surface area contributed by atoms with Crippen LogP contribution in [0.25, 0.3) is 27.8 Å². The van der Waals surface area contributed by atoms with Crippen LogP contribution in [-0.2, 0) is 17.5 Å². The monoisotopic (exact) mass is 546 g/mol. The number of para-hydroxylation sites is 1. The largest absolute Gasteiger partial charge is 0.416 e. The van der Waals surface area contributed by atoms with Crippen LogP contribution in [0.2, 0.25) is 0 Å². The highest BCUT2D eigenvalue weighted by Crippen LogP contribution is 2.32. The Bertz CT molecular complexity index is 1720. The van der Waals surface area contributed by atoms with Gasteiger partial charge in [0.1, 0.15) is 17.3 Å². The second-order valence-corrected chi connectivity index (χ2v) is 9.73. The molecule has 1 fully saturated rings. The van der Waals surface area contributed by atoms with Crippen LogP contribution in [0.5, 0.6) is 0 Å². The van der Waals surface area contributed by atoms with E-state index < -0.39 is 11.7 Å². The minimum atomic E-state index is -4.42. The summed E-state index contributed by atoms with van der Waals surface area (Å²) in [5.41, 5.74) is 1.35. The van der Waals surface area contributed by atoms with Gasteiger partial charge in [0, 0.05) is 42.6 Å². The van der Waals surface area contributed by atoms with E-state index in [-0.39, 0.29) is 18.2 Å². The summed E-state index contributed by atoms with van der Waals surface area (Å²) < 4.78 is 47.6. The fourth-order valence-electron chi connectivity index (χ4n) is 4.85. The number of alkyl halides is 3. The summed E-state index contributed by atoms with van der Waals surface area (Å²) in [6.45, 7) is 0.195. The van der Waals surface area contributed by atoms with Gasteiger partial charge in [-0.15, -0.1) is 0 Å². The van der Waals surface area contributed by atoms with E-state index in [1.807, 2.05) is 24.3 Å². The topological polar surface area (TPSA) is 86.9 Å². The molecule has 0 aliphatic heterocycles. The molecule has 1 aliphatic rings. The van der Waals surface area contributed by atoms with Crippen LogP contribution in [0, 0.1) is 0 Å². The number of hydrogen-bond acceptors (Lipinski definition) is 6. The molecule has 0 radical (unpaired) electrons. The van der Waals surface area contributed by atoms with Crippen LogP contribution in [0.3, 0.4) is 0 Å². The van der Waals surface area contributed by atoms with Gasteiger partial charge in [0.05, 0.1) is 29.4 Å². The van der Waals surface area contributed by atoms with Gasteiger partial charge in [-0.3, -0.25) is 4.79 Å². The predicted octanol–water partition coefficient (Wildman–Crippen LogP) is 5.30. The zero-order valence-corrected chi connectivity index (χ0v) is 21.5. The Labute approximate surface area is 227 Å². The number of pyridine rings is 1. The number of ether oxygens (including phenoxy) is 1. The summed E-state index contributed by atoms with van der Waals surface area (Å²) in [6, 6.07) is 17.6. The van der Waals surface area contributed by atoms with E-state index in [4.69, 9.17) is 4.74 Å². The maximum Gasteiger partial charge on any atom is 0.416 e. The summed E-state index contributed by atoms with van der Waals surface area (Å²) in [6.07, 6.45) is 1.01. The van der Waals surface area contributed by atoms with Crippen LogP contribution >= 0.6 is 0 Å². The fraction of sp³-hybridized carbons (Fsp3) is 0.241. The zero-order valence-electron chi connectivity index (χ0n) is 21.5. The number of methoxy groups -OCH3 is 1. The summed E-state index contributed by atoms with van der Waals surface area (Å²) in [5.74, 6) is 1.20. The highest BCUT2D eigenvalue weighted by Gasteiger charge is 2.30. The van der Waals surface area contributed by atoms with Crippen molar-refractivity contribution in [2.45, 2.75) is 37.7 Å². The Kier molecular flexibility index (Phi) is 6.59. The third kappa shape index (κ3) is 5.07. The smallest absolute Gasteiger partial charge is 0.381 e. The van der Waals surface area contributed by atoms with E-state index in [9.17, 15) is 18.0 Å².